The molecule has 0 amide bonds. The average molecular weight is 460 g/mol. The van der Waals surface area contributed by atoms with E-state index in [9.17, 15) is 0 Å². The van der Waals surface area contributed by atoms with Crippen molar-refractivity contribution >= 4 is 6.08 Å². The molecule has 5 nitrogen and oxygen atoms in total. The van der Waals surface area contributed by atoms with Crippen LogP contribution in [0.5, 0.6) is 28.7 Å². The molecule has 1 saturated heterocycles. The van der Waals surface area contributed by atoms with Crippen LogP contribution >= 0.6 is 0 Å². The van der Waals surface area contributed by atoms with E-state index in [2.05, 4.69) is 41.3 Å². The van der Waals surface area contributed by atoms with E-state index in [4.69, 9.17) is 18.9 Å². The summed E-state index contributed by atoms with van der Waals surface area (Å²) in [6, 6.07) is 22.4. The topological polar surface area (TPSA) is 40.2 Å². The molecule has 1 heterocycles. The van der Waals surface area contributed by atoms with Gasteiger partial charge in [-0.15, -0.1) is 0 Å². The van der Waals surface area contributed by atoms with Gasteiger partial charge in [0, 0.05) is 12.1 Å². The molecule has 1 aliphatic rings. The van der Waals surface area contributed by atoms with Crippen LogP contribution in [-0.4, -0.2) is 45.9 Å². The normalized spacial score (nSPS) is 14.8. The summed E-state index contributed by atoms with van der Waals surface area (Å²) in [6.45, 7) is 3.08. The number of para-hydroxylation sites is 1. The highest BCUT2D eigenvalue weighted by molar-refractivity contribution is 5.66. The monoisotopic (exact) mass is 459 g/mol. The Balaban J connectivity index is 1.29. The second-order valence-corrected chi connectivity index (χ2v) is 8.38. The summed E-state index contributed by atoms with van der Waals surface area (Å²) in [5.74, 6) is 4.31. The molecule has 0 bridgehead atoms. The summed E-state index contributed by atoms with van der Waals surface area (Å²) in [5, 5.41) is 0. The third-order valence-corrected chi connectivity index (χ3v) is 6.31. The summed E-state index contributed by atoms with van der Waals surface area (Å²) >= 11 is 0. The third-order valence-electron chi connectivity index (χ3n) is 6.31. The largest absolute Gasteiger partial charge is 0.493 e. The maximum atomic E-state index is 5.92. The van der Waals surface area contributed by atoms with Gasteiger partial charge in [0.2, 0.25) is 5.75 Å². The lowest BCUT2D eigenvalue weighted by molar-refractivity contribution is 0.233. The van der Waals surface area contributed by atoms with E-state index in [1.807, 2.05) is 42.5 Å². The van der Waals surface area contributed by atoms with Crippen LogP contribution in [0.25, 0.3) is 6.08 Å². The summed E-state index contributed by atoms with van der Waals surface area (Å²) < 4.78 is 22.4. The van der Waals surface area contributed by atoms with Crippen LogP contribution in [-0.2, 0) is 0 Å². The Labute approximate surface area is 202 Å². The van der Waals surface area contributed by atoms with E-state index in [1.54, 1.807) is 21.3 Å². The maximum absolute atomic E-state index is 5.92. The Bertz CT molecular complexity index is 1070. The number of benzene rings is 3. The van der Waals surface area contributed by atoms with Crippen molar-refractivity contribution in [3.05, 3.63) is 83.9 Å². The number of nitrogens with zero attached hydrogens (tertiary/aromatic N) is 1. The minimum absolute atomic E-state index is 0.594. The van der Waals surface area contributed by atoms with Crippen molar-refractivity contribution in [1.29, 1.82) is 0 Å². The third kappa shape index (κ3) is 5.72. The van der Waals surface area contributed by atoms with Crippen LogP contribution < -0.4 is 18.9 Å². The van der Waals surface area contributed by atoms with Crippen molar-refractivity contribution in [3.63, 3.8) is 0 Å². The Hall–Kier alpha value is -3.44. The number of hydrogen-bond donors (Lipinski definition) is 0. The highest BCUT2D eigenvalue weighted by Crippen LogP contribution is 2.40. The van der Waals surface area contributed by atoms with Gasteiger partial charge in [-0.1, -0.05) is 42.5 Å². The van der Waals surface area contributed by atoms with E-state index in [1.165, 1.54) is 5.56 Å². The Morgan fingerprint density at radius 3 is 2.09 bits per heavy atom. The lowest BCUT2D eigenvalue weighted by Crippen LogP contribution is -2.33. The van der Waals surface area contributed by atoms with Gasteiger partial charge < -0.3 is 18.9 Å². The smallest absolute Gasteiger partial charge is 0.203 e. The Kier molecular flexibility index (Phi) is 8.10. The highest BCUT2D eigenvalue weighted by Gasteiger charge is 2.20. The SMILES string of the molecule is COc1ccc(C=CCN2CCC(c3ccc(Oc4ccccc4)cc3)CC2)c(OC)c1OC. The summed E-state index contributed by atoms with van der Waals surface area (Å²) in [7, 11) is 4.91. The van der Waals surface area contributed by atoms with E-state index in [0.717, 1.165) is 49.5 Å². The molecule has 4 rings (SSSR count). The van der Waals surface area contributed by atoms with Gasteiger partial charge in [-0.25, -0.2) is 0 Å². The first kappa shape index (κ1) is 23.7. The van der Waals surface area contributed by atoms with Gasteiger partial charge in [-0.2, -0.15) is 0 Å². The molecule has 5 heteroatoms. The van der Waals surface area contributed by atoms with Crippen molar-refractivity contribution in [2.24, 2.45) is 0 Å². The molecular weight excluding hydrogens is 426 g/mol. The second kappa shape index (κ2) is 11.6. The molecule has 178 valence electrons. The van der Waals surface area contributed by atoms with Crippen LogP contribution in [0.15, 0.2) is 72.8 Å². The first-order valence-electron chi connectivity index (χ1n) is 11.7. The number of ether oxygens (including phenoxy) is 4. The fourth-order valence-corrected chi connectivity index (χ4v) is 4.47. The van der Waals surface area contributed by atoms with Crippen LogP contribution in [0.3, 0.4) is 0 Å². The lowest BCUT2D eigenvalue weighted by atomic mass is 9.89. The van der Waals surface area contributed by atoms with E-state index < -0.39 is 0 Å². The number of rotatable bonds is 9. The zero-order chi connectivity index (χ0) is 23.8. The van der Waals surface area contributed by atoms with Gasteiger partial charge in [0.05, 0.1) is 21.3 Å². The molecule has 1 fully saturated rings. The molecule has 3 aromatic carbocycles. The molecule has 0 N–H and O–H groups in total. The van der Waals surface area contributed by atoms with Crippen LogP contribution in [0.4, 0.5) is 0 Å². The Morgan fingerprint density at radius 1 is 0.765 bits per heavy atom. The van der Waals surface area contributed by atoms with Gasteiger partial charge in [-0.05, 0) is 73.8 Å². The summed E-state index contributed by atoms with van der Waals surface area (Å²) in [4.78, 5) is 2.49. The van der Waals surface area contributed by atoms with E-state index >= 15 is 0 Å². The van der Waals surface area contributed by atoms with Gasteiger partial charge in [0.1, 0.15) is 11.5 Å². The maximum Gasteiger partial charge on any atom is 0.203 e. The van der Waals surface area contributed by atoms with E-state index in [-0.39, 0.29) is 0 Å². The molecule has 0 aromatic heterocycles. The molecule has 0 aliphatic carbocycles. The zero-order valence-corrected chi connectivity index (χ0v) is 20.2. The number of methoxy groups -OCH3 is 3. The van der Waals surface area contributed by atoms with Crippen molar-refractivity contribution in [1.82, 2.24) is 4.90 Å². The predicted molar refractivity (Wildman–Crippen MR) is 137 cm³/mol. The average Bonchev–Trinajstić information content (AvgIpc) is 2.89. The van der Waals surface area contributed by atoms with Gasteiger partial charge in [0.25, 0.3) is 0 Å². The van der Waals surface area contributed by atoms with Crippen LogP contribution in [0.1, 0.15) is 29.9 Å². The zero-order valence-electron chi connectivity index (χ0n) is 20.2. The van der Waals surface area contributed by atoms with E-state index in [0.29, 0.717) is 23.2 Å². The minimum atomic E-state index is 0.594. The molecular formula is C29H33NO4. The molecule has 0 spiro atoms. The first-order valence-corrected chi connectivity index (χ1v) is 11.7. The molecule has 0 atom stereocenters. The van der Waals surface area contributed by atoms with Crippen molar-refractivity contribution < 1.29 is 18.9 Å². The highest BCUT2D eigenvalue weighted by atomic mass is 16.5. The van der Waals surface area contributed by atoms with Gasteiger partial charge in [0.15, 0.2) is 11.5 Å². The van der Waals surface area contributed by atoms with Crippen LogP contribution in [0, 0.1) is 0 Å². The lowest BCUT2D eigenvalue weighted by Gasteiger charge is -2.31. The molecule has 0 radical (unpaired) electrons. The standard InChI is InChI=1S/C29H33NO4/c1-31-27-16-13-24(28(32-2)29(27)33-3)8-7-19-30-20-17-23(18-21-30)22-11-14-26(15-12-22)34-25-9-5-4-6-10-25/h4-16,23H,17-21H2,1-3H3. The van der Waals surface area contributed by atoms with Crippen LogP contribution in [0.2, 0.25) is 0 Å². The van der Waals surface area contributed by atoms with Gasteiger partial charge >= 0.3 is 0 Å². The number of likely N-dealkylation sites (tertiary alicyclic amines) is 1. The molecule has 34 heavy (non-hydrogen) atoms. The quantitative estimate of drug-likeness (QED) is 0.370. The second-order valence-electron chi connectivity index (χ2n) is 8.38. The molecule has 0 unspecified atom stereocenters. The minimum Gasteiger partial charge on any atom is -0.493 e. The van der Waals surface area contributed by atoms with Crippen molar-refractivity contribution in [2.75, 3.05) is 41.0 Å². The van der Waals surface area contributed by atoms with Gasteiger partial charge in [-0.3, -0.25) is 4.90 Å². The predicted octanol–water partition coefficient (Wildman–Crippen LogP) is 6.40. The van der Waals surface area contributed by atoms with Crippen molar-refractivity contribution in [2.45, 2.75) is 18.8 Å². The van der Waals surface area contributed by atoms with Crippen molar-refractivity contribution in [3.8, 4) is 28.7 Å². The summed E-state index contributed by atoms with van der Waals surface area (Å²) in [5.41, 5.74) is 2.37. The molecule has 1 aliphatic heterocycles. The number of piperidine rings is 1. The molecule has 3 aromatic rings. The number of hydrogen-bond acceptors (Lipinski definition) is 5. The molecule has 0 saturated carbocycles. The first-order chi connectivity index (χ1) is 16.7. The Morgan fingerprint density at radius 2 is 1.44 bits per heavy atom. The fraction of sp³-hybridized carbons (Fsp3) is 0.310. The summed E-state index contributed by atoms with van der Waals surface area (Å²) in [6.07, 6.45) is 6.61. The fourth-order valence-electron chi connectivity index (χ4n) is 4.47.